The lowest BCUT2D eigenvalue weighted by Crippen LogP contribution is -2.30. The van der Waals surface area contributed by atoms with Crippen molar-refractivity contribution in [2.24, 2.45) is 11.8 Å². The van der Waals surface area contributed by atoms with Gasteiger partial charge in [0, 0.05) is 0 Å². The summed E-state index contributed by atoms with van der Waals surface area (Å²) in [6.45, 7) is 7.67. The standard InChI is InChI=1S/C19H31NO/c1-5-16-6-8-17(9-7-16)19(20-4)13-21-18-11-14(2)10-15(3)12-18/h6-9,14-15,18-20H,5,10-13H2,1-4H3. The molecular formula is C19H31NO. The Labute approximate surface area is 130 Å². The van der Waals surface area contributed by atoms with Gasteiger partial charge in [0.2, 0.25) is 0 Å². The molecule has 0 spiro atoms. The van der Waals surface area contributed by atoms with Gasteiger partial charge in [0.15, 0.2) is 0 Å². The number of aryl methyl sites for hydroxylation is 1. The van der Waals surface area contributed by atoms with E-state index in [1.807, 2.05) is 7.05 Å². The largest absolute Gasteiger partial charge is 0.376 e. The molecule has 21 heavy (non-hydrogen) atoms. The third-order valence-electron chi connectivity index (χ3n) is 4.77. The van der Waals surface area contributed by atoms with Gasteiger partial charge in [-0.25, -0.2) is 0 Å². The molecule has 2 rings (SSSR count). The lowest BCUT2D eigenvalue weighted by molar-refractivity contribution is -0.00846. The minimum Gasteiger partial charge on any atom is -0.376 e. The molecule has 0 amide bonds. The second kappa shape index (κ2) is 7.95. The summed E-state index contributed by atoms with van der Waals surface area (Å²) in [6.07, 6.45) is 5.33. The molecule has 0 aliphatic heterocycles. The summed E-state index contributed by atoms with van der Waals surface area (Å²) in [4.78, 5) is 0. The Hall–Kier alpha value is -0.860. The maximum atomic E-state index is 6.23. The Morgan fingerprint density at radius 2 is 1.71 bits per heavy atom. The van der Waals surface area contributed by atoms with Crippen LogP contribution in [0.15, 0.2) is 24.3 Å². The number of rotatable bonds is 6. The second-order valence-corrected chi connectivity index (χ2v) is 6.81. The summed E-state index contributed by atoms with van der Waals surface area (Å²) in [5.74, 6) is 1.60. The van der Waals surface area contributed by atoms with Crippen LogP contribution in [0.4, 0.5) is 0 Å². The van der Waals surface area contributed by atoms with Crippen molar-refractivity contribution in [3.63, 3.8) is 0 Å². The normalized spacial score (nSPS) is 27.5. The van der Waals surface area contributed by atoms with E-state index in [2.05, 4.69) is 50.4 Å². The van der Waals surface area contributed by atoms with Crippen LogP contribution in [0.25, 0.3) is 0 Å². The third-order valence-corrected chi connectivity index (χ3v) is 4.77. The fourth-order valence-corrected chi connectivity index (χ4v) is 3.57. The number of ether oxygens (including phenoxy) is 1. The van der Waals surface area contributed by atoms with Crippen molar-refractivity contribution < 1.29 is 4.74 Å². The minimum absolute atomic E-state index is 0.295. The van der Waals surface area contributed by atoms with E-state index in [4.69, 9.17) is 4.74 Å². The van der Waals surface area contributed by atoms with E-state index in [0.29, 0.717) is 12.1 Å². The zero-order chi connectivity index (χ0) is 15.2. The van der Waals surface area contributed by atoms with E-state index in [1.165, 1.54) is 30.4 Å². The zero-order valence-corrected chi connectivity index (χ0v) is 14.1. The van der Waals surface area contributed by atoms with Gasteiger partial charge < -0.3 is 10.1 Å². The van der Waals surface area contributed by atoms with E-state index in [-0.39, 0.29) is 0 Å². The Kier molecular flexibility index (Phi) is 6.25. The fraction of sp³-hybridized carbons (Fsp3) is 0.684. The van der Waals surface area contributed by atoms with Crippen LogP contribution in [-0.2, 0) is 11.2 Å². The van der Waals surface area contributed by atoms with Crippen LogP contribution >= 0.6 is 0 Å². The molecule has 0 radical (unpaired) electrons. The first-order valence-electron chi connectivity index (χ1n) is 8.50. The molecule has 2 nitrogen and oxygen atoms in total. The van der Waals surface area contributed by atoms with Crippen LogP contribution in [0.1, 0.15) is 57.2 Å². The van der Waals surface area contributed by atoms with E-state index in [1.54, 1.807) is 0 Å². The third kappa shape index (κ3) is 4.82. The van der Waals surface area contributed by atoms with E-state index < -0.39 is 0 Å². The lowest BCUT2D eigenvalue weighted by Gasteiger charge is -2.32. The Morgan fingerprint density at radius 1 is 1.10 bits per heavy atom. The fourth-order valence-electron chi connectivity index (χ4n) is 3.57. The molecule has 3 unspecified atom stereocenters. The molecule has 1 aromatic carbocycles. The Bertz CT molecular complexity index is 404. The highest BCUT2D eigenvalue weighted by atomic mass is 16.5. The minimum atomic E-state index is 0.295. The SMILES string of the molecule is CCc1ccc(C(COC2CC(C)CC(C)C2)NC)cc1. The highest BCUT2D eigenvalue weighted by Gasteiger charge is 2.25. The average molecular weight is 289 g/mol. The summed E-state index contributed by atoms with van der Waals surface area (Å²) in [7, 11) is 2.02. The van der Waals surface area contributed by atoms with Crippen molar-refractivity contribution in [1.82, 2.24) is 5.32 Å². The zero-order valence-electron chi connectivity index (χ0n) is 14.1. The van der Waals surface area contributed by atoms with Crippen LogP contribution in [-0.4, -0.2) is 19.8 Å². The van der Waals surface area contributed by atoms with Crippen LogP contribution in [0.5, 0.6) is 0 Å². The lowest BCUT2D eigenvalue weighted by atomic mass is 9.82. The maximum Gasteiger partial charge on any atom is 0.0665 e. The molecule has 3 atom stereocenters. The molecule has 0 saturated heterocycles. The average Bonchev–Trinajstić information content (AvgIpc) is 2.47. The van der Waals surface area contributed by atoms with E-state index >= 15 is 0 Å². The van der Waals surface area contributed by atoms with Gasteiger partial charge in [-0.2, -0.15) is 0 Å². The van der Waals surface area contributed by atoms with Gasteiger partial charge in [0.05, 0.1) is 18.8 Å². The Morgan fingerprint density at radius 3 is 2.24 bits per heavy atom. The highest BCUT2D eigenvalue weighted by Crippen LogP contribution is 2.30. The van der Waals surface area contributed by atoms with Gasteiger partial charge in [0.25, 0.3) is 0 Å². The van der Waals surface area contributed by atoms with Gasteiger partial charge in [0.1, 0.15) is 0 Å². The van der Waals surface area contributed by atoms with E-state index in [9.17, 15) is 0 Å². The molecule has 1 fully saturated rings. The van der Waals surface area contributed by atoms with Crippen LogP contribution < -0.4 is 5.32 Å². The second-order valence-electron chi connectivity index (χ2n) is 6.81. The summed E-state index contributed by atoms with van der Waals surface area (Å²) < 4.78 is 6.23. The van der Waals surface area contributed by atoms with Crippen molar-refractivity contribution in [3.8, 4) is 0 Å². The van der Waals surface area contributed by atoms with Crippen molar-refractivity contribution in [2.45, 2.75) is 58.6 Å². The molecule has 1 aromatic rings. The first-order chi connectivity index (χ1) is 10.1. The molecule has 2 heteroatoms. The number of hydrogen-bond donors (Lipinski definition) is 1. The monoisotopic (exact) mass is 289 g/mol. The van der Waals surface area contributed by atoms with Crippen LogP contribution in [0.2, 0.25) is 0 Å². The number of benzene rings is 1. The summed E-state index contributed by atoms with van der Waals surface area (Å²) >= 11 is 0. The van der Waals surface area contributed by atoms with Crippen molar-refractivity contribution in [3.05, 3.63) is 35.4 Å². The molecular weight excluding hydrogens is 258 g/mol. The van der Waals surface area contributed by atoms with Gasteiger partial charge >= 0.3 is 0 Å². The number of hydrogen-bond acceptors (Lipinski definition) is 2. The molecule has 1 N–H and O–H groups in total. The van der Waals surface area contributed by atoms with Gasteiger partial charge in [-0.05, 0) is 55.7 Å². The van der Waals surface area contributed by atoms with Gasteiger partial charge in [-0.3, -0.25) is 0 Å². The van der Waals surface area contributed by atoms with E-state index in [0.717, 1.165) is 24.9 Å². The van der Waals surface area contributed by atoms with Crippen LogP contribution in [0.3, 0.4) is 0 Å². The first-order valence-corrected chi connectivity index (χ1v) is 8.50. The summed E-state index contributed by atoms with van der Waals surface area (Å²) in [5, 5.41) is 3.39. The molecule has 1 aliphatic rings. The number of nitrogens with one attached hydrogen (secondary N) is 1. The number of likely N-dealkylation sites (N-methyl/N-ethyl adjacent to an activating group) is 1. The van der Waals surface area contributed by atoms with Gasteiger partial charge in [-0.1, -0.05) is 45.0 Å². The topological polar surface area (TPSA) is 21.3 Å². The molecule has 0 heterocycles. The van der Waals surface area contributed by atoms with Crippen molar-refractivity contribution >= 4 is 0 Å². The summed E-state index contributed by atoms with van der Waals surface area (Å²) in [6, 6.07) is 9.21. The van der Waals surface area contributed by atoms with Crippen molar-refractivity contribution in [1.29, 1.82) is 0 Å². The van der Waals surface area contributed by atoms with Crippen molar-refractivity contribution in [2.75, 3.05) is 13.7 Å². The molecule has 0 bridgehead atoms. The molecule has 118 valence electrons. The van der Waals surface area contributed by atoms with Crippen LogP contribution in [0, 0.1) is 11.8 Å². The quantitative estimate of drug-likeness (QED) is 0.840. The summed E-state index contributed by atoms with van der Waals surface area (Å²) in [5.41, 5.74) is 2.72. The predicted octanol–water partition coefficient (Wildman–Crippen LogP) is 4.35. The molecule has 1 saturated carbocycles. The molecule has 0 aromatic heterocycles. The Balaban J connectivity index is 1.89. The smallest absolute Gasteiger partial charge is 0.0665 e. The predicted molar refractivity (Wildman–Crippen MR) is 89.5 cm³/mol. The highest BCUT2D eigenvalue weighted by molar-refractivity contribution is 5.25. The van der Waals surface area contributed by atoms with Gasteiger partial charge in [-0.15, -0.1) is 0 Å². The molecule has 1 aliphatic carbocycles. The maximum absolute atomic E-state index is 6.23. The first kappa shape index (κ1) is 16.5.